The van der Waals surface area contributed by atoms with Crippen LogP contribution in [-0.2, 0) is 6.42 Å². The Bertz CT molecular complexity index is 633. The van der Waals surface area contributed by atoms with Crippen molar-refractivity contribution in [1.29, 1.82) is 0 Å². The van der Waals surface area contributed by atoms with Crippen molar-refractivity contribution in [1.82, 2.24) is 15.6 Å². The van der Waals surface area contributed by atoms with E-state index in [9.17, 15) is 0 Å². The van der Waals surface area contributed by atoms with Gasteiger partial charge in [-0.2, -0.15) is 11.8 Å². The number of nitrogens with zero attached hydrogens (tertiary/aromatic N) is 1. The molecule has 1 aromatic heterocycles. The fraction of sp³-hybridized carbons (Fsp3) is 0.500. The maximum Gasteiger partial charge on any atom is 0.190 e. The van der Waals surface area contributed by atoms with Gasteiger partial charge in [-0.3, -0.25) is 4.99 Å². The van der Waals surface area contributed by atoms with Crippen LogP contribution in [0.4, 0.5) is 0 Å². The normalized spacial score (nSPS) is 11.9. The number of H-pyrrole nitrogens is 1. The molecule has 0 unspecified atom stereocenters. The second-order valence-electron chi connectivity index (χ2n) is 5.65. The van der Waals surface area contributed by atoms with Gasteiger partial charge < -0.3 is 15.6 Å². The zero-order chi connectivity index (χ0) is 16.5. The van der Waals surface area contributed by atoms with Crippen molar-refractivity contribution in [3.8, 4) is 0 Å². The molecule has 0 atom stereocenters. The number of rotatable bonds is 8. The first-order valence-electron chi connectivity index (χ1n) is 8.26. The van der Waals surface area contributed by atoms with Crippen molar-refractivity contribution in [2.45, 2.75) is 26.2 Å². The molecule has 23 heavy (non-hydrogen) atoms. The van der Waals surface area contributed by atoms with Crippen molar-refractivity contribution in [3.63, 3.8) is 0 Å². The first-order valence-corrected chi connectivity index (χ1v) is 9.65. The highest BCUT2D eigenvalue weighted by Gasteiger charge is 2.07. The van der Waals surface area contributed by atoms with Crippen LogP contribution in [0.5, 0.6) is 0 Å². The Morgan fingerprint density at radius 3 is 2.74 bits per heavy atom. The number of aromatic nitrogens is 1. The molecule has 0 saturated carbocycles. The molecule has 1 aromatic carbocycles. The second-order valence-corrected chi connectivity index (χ2v) is 6.64. The van der Waals surface area contributed by atoms with Crippen LogP contribution in [0, 0.1) is 6.92 Å². The minimum atomic E-state index is 0.882. The third-order valence-corrected chi connectivity index (χ3v) is 4.68. The summed E-state index contributed by atoms with van der Waals surface area (Å²) in [6, 6.07) is 8.49. The maximum atomic E-state index is 4.29. The van der Waals surface area contributed by atoms with Gasteiger partial charge >= 0.3 is 0 Å². The number of fused-ring (bicyclic) bond motifs is 1. The average molecular weight is 333 g/mol. The number of aromatic amines is 1. The highest BCUT2D eigenvalue weighted by molar-refractivity contribution is 7.98. The van der Waals surface area contributed by atoms with E-state index in [0.717, 1.165) is 25.5 Å². The van der Waals surface area contributed by atoms with Crippen molar-refractivity contribution in [2.24, 2.45) is 4.99 Å². The summed E-state index contributed by atoms with van der Waals surface area (Å²) in [7, 11) is 1.83. The topological polar surface area (TPSA) is 52.2 Å². The molecule has 3 N–H and O–H groups in total. The van der Waals surface area contributed by atoms with E-state index in [1.54, 1.807) is 0 Å². The zero-order valence-electron chi connectivity index (χ0n) is 14.4. The summed E-state index contributed by atoms with van der Waals surface area (Å²) in [5.74, 6) is 2.12. The predicted molar refractivity (Wildman–Crippen MR) is 104 cm³/mol. The molecule has 4 nitrogen and oxygen atoms in total. The van der Waals surface area contributed by atoms with Crippen LogP contribution in [0.3, 0.4) is 0 Å². The highest BCUT2D eigenvalue weighted by atomic mass is 32.2. The van der Waals surface area contributed by atoms with E-state index in [0.29, 0.717) is 0 Å². The van der Waals surface area contributed by atoms with E-state index in [2.05, 4.69) is 58.1 Å². The Morgan fingerprint density at radius 1 is 1.17 bits per heavy atom. The van der Waals surface area contributed by atoms with Gasteiger partial charge in [-0.1, -0.05) is 18.2 Å². The molecule has 0 amide bonds. The Balaban J connectivity index is 1.79. The van der Waals surface area contributed by atoms with Gasteiger partial charge in [0.15, 0.2) is 5.96 Å². The molecule has 0 aliphatic carbocycles. The van der Waals surface area contributed by atoms with E-state index in [1.807, 2.05) is 18.8 Å². The van der Waals surface area contributed by atoms with Crippen LogP contribution < -0.4 is 10.6 Å². The Kier molecular flexibility index (Phi) is 7.33. The van der Waals surface area contributed by atoms with Crippen molar-refractivity contribution in [3.05, 3.63) is 35.5 Å². The summed E-state index contributed by atoms with van der Waals surface area (Å²) in [5, 5.41) is 8.12. The number of guanidine groups is 1. The smallest absolute Gasteiger partial charge is 0.190 e. The van der Waals surface area contributed by atoms with Crippen molar-refractivity contribution >= 4 is 28.6 Å². The van der Waals surface area contributed by atoms with Gasteiger partial charge in [0.05, 0.1) is 0 Å². The number of thioether (sulfide) groups is 1. The maximum absolute atomic E-state index is 4.29. The Hall–Kier alpha value is -1.62. The van der Waals surface area contributed by atoms with Gasteiger partial charge in [0.25, 0.3) is 0 Å². The Labute approximate surface area is 143 Å². The van der Waals surface area contributed by atoms with Gasteiger partial charge in [0.1, 0.15) is 0 Å². The first-order chi connectivity index (χ1) is 11.3. The third-order valence-electron chi connectivity index (χ3n) is 3.99. The summed E-state index contributed by atoms with van der Waals surface area (Å²) >= 11 is 1.90. The minimum absolute atomic E-state index is 0.882. The summed E-state index contributed by atoms with van der Waals surface area (Å²) < 4.78 is 0. The van der Waals surface area contributed by atoms with Crippen LogP contribution in [0.25, 0.3) is 10.9 Å². The summed E-state index contributed by atoms with van der Waals surface area (Å²) in [4.78, 5) is 7.75. The minimum Gasteiger partial charge on any atom is -0.358 e. The SMILES string of the molecule is CN=C(NCCCCSC)NCCc1c(C)[nH]c2ccccc12. The number of para-hydroxylation sites is 1. The quantitative estimate of drug-likeness (QED) is 0.395. The van der Waals surface area contributed by atoms with Gasteiger partial charge in [-0.15, -0.1) is 0 Å². The first kappa shape index (κ1) is 17.7. The van der Waals surface area contributed by atoms with Crippen LogP contribution >= 0.6 is 11.8 Å². The van der Waals surface area contributed by atoms with E-state index in [4.69, 9.17) is 0 Å². The van der Waals surface area contributed by atoms with Gasteiger partial charge in [0, 0.05) is 36.7 Å². The third kappa shape index (κ3) is 5.20. The van der Waals surface area contributed by atoms with E-state index >= 15 is 0 Å². The highest BCUT2D eigenvalue weighted by Crippen LogP contribution is 2.21. The van der Waals surface area contributed by atoms with Crippen LogP contribution in [-0.4, -0.2) is 43.1 Å². The molecule has 1 heterocycles. The summed E-state index contributed by atoms with van der Waals surface area (Å²) in [6.45, 7) is 4.01. The molecule has 0 saturated heterocycles. The number of hydrogen-bond donors (Lipinski definition) is 3. The Morgan fingerprint density at radius 2 is 1.96 bits per heavy atom. The number of hydrogen-bond acceptors (Lipinski definition) is 2. The molecule has 5 heteroatoms. The number of benzene rings is 1. The number of unbranched alkanes of at least 4 members (excludes halogenated alkanes) is 1. The van der Waals surface area contributed by atoms with Crippen LogP contribution in [0.2, 0.25) is 0 Å². The van der Waals surface area contributed by atoms with Crippen molar-refractivity contribution in [2.75, 3.05) is 32.1 Å². The summed E-state index contributed by atoms with van der Waals surface area (Å²) in [6.07, 6.45) is 5.58. The van der Waals surface area contributed by atoms with Crippen LogP contribution in [0.1, 0.15) is 24.1 Å². The largest absolute Gasteiger partial charge is 0.358 e. The summed E-state index contributed by atoms with van der Waals surface area (Å²) in [5.41, 5.74) is 3.87. The van der Waals surface area contributed by atoms with Gasteiger partial charge in [-0.05, 0) is 49.8 Å². The molecule has 0 aliphatic rings. The standard InChI is InChI=1S/C18H28N4S/c1-14-15(16-8-4-5-9-17(16)22-14)10-12-21-18(19-2)20-11-6-7-13-23-3/h4-5,8-9,22H,6-7,10-13H2,1-3H3,(H2,19,20,21). The van der Waals surface area contributed by atoms with Gasteiger partial charge in [-0.25, -0.2) is 0 Å². The number of aryl methyl sites for hydroxylation is 1. The lowest BCUT2D eigenvalue weighted by molar-refractivity contribution is 0.730. The monoisotopic (exact) mass is 332 g/mol. The molecule has 0 aliphatic heterocycles. The average Bonchev–Trinajstić information content (AvgIpc) is 2.88. The lowest BCUT2D eigenvalue weighted by Gasteiger charge is -2.12. The molecule has 126 valence electrons. The number of nitrogens with one attached hydrogen (secondary N) is 3. The number of aliphatic imine (C=N–C) groups is 1. The zero-order valence-corrected chi connectivity index (χ0v) is 15.2. The van der Waals surface area contributed by atoms with E-state index in [-0.39, 0.29) is 0 Å². The lowest BCUT2D eigenvalue weighted by Crippen LogP contribution is -2.38. The fourth-order valence-corrected chi connectivity index (χ4v) is 3.25. The predicted octanol–water partition coefficient (Wildman–Crippen LogP) is 3.33. The molecule has 0 fully saturated rings. The fourth-order valence-electron chi connectivity index (χ4n) is 2.76. The molecule has 2 aromatic rings. The second kappa shape index (κ2) is 9.50. The lowest BCUT2D eigenvalue weighted by atomic mass is 10.1. The van der Waals surface area contributed by atoms with Crippen molar-refractivity contribution < 1.29 is 0 Å². The van der Waals surface area contributed by atoms with Gasteiger partial charge in [0.2, 0.25) is 0 Å². The van der Waals surface area contributed by atoms with E-state index in [1.165, 1.54) is 40.8 Å². The van der Waals surface area contributed by atoms with E-state index < -0.39 is 0 Å². The molecular weight excluding hydrogens is 304 g/mol. The molecular formula is C18H28N4S. The van der Waals surface area contributed by atoms with Crippen LogP contribution in [0.15, 0.2) is 29.3 Å². The molecule has 2 rings (SSSR count). The molecule has 0 radical (unpaired) electrons. The molecule has 0 bridgehead atoms. The molecule has 0 spiro atoms.